The van der Waals surface area contributed by atoms with E-state index >= 15 is 0 Å². The van der Waals surface area contributed by atoms with Crippen LogP contribution in [0.2, 0.25) is 0 Å². The van der Waals surface area contributed by atoms with E-state index < -0.39 is 5.97 Å². The van der Waals surface area contributed by atoms with E-state index in [9.17, 15) is 4.79 Å². The van der Waals surface area contributed by atoms with Crippen molar-refractivity contribution in [3.8, 4) is 10.6 Å². The molecule has 0 amide bonds. The third-order valence-corrected chi connectivity index (χ3v) is 3.21. The number of carboxylic acids is 1. The zero-order valence-corrected chi connectivity index (χ0v) is 9.70. The van der Waals surface area contributed by atoms with Crippen LogP contribution in [-0.2, 0) is 11.3 Å². The van der Waals surface area contributed by atoms with Crippen LogP contribution in [0.5, 0.6) is 0 Å². The van der Waals surface area contributed by atoms with Crippen molar-refractivity contribution in [2.45, 2.75) is 19.9 Å². The zero-order valence-electron chi connectivity index (χ0n) is 8.88. The van der Waals surface area contributed by atoms with Crippen LogP contribution in [0.4, 0.5) is 0 Å². The van der Waals surface area contributed by atoms with Gasteiger partial charge in [-0.2, -0.15) is 0 Å². The molecule has 0 bridgehead atoms. The van der Waals surface area contributed by atoms with E-state index in [0.29, 0.717) is 6.54 Å². The van der Waals surface area contributed by atoms with Gasteiger partial charge in [0.1, 0.15) is 5.82 Å². The van der Waals surface area contributed by atoms with Crippen molar-refractivity contribution in [2.75, 3.05) is 0 Å². The second kappa shape index (κ2) is 4.49. The van der Waals surface area contributed by atoms with Gasteiger partial charge in [-0.15, -0.1) is 11.3 Å². The van der Waals surface area contributed by atoms with Crippen LogP contribution in [0.25, 0.3) is 10.6 Å². The van der Waals surface area contributed by atoms with Crippen LogP contribution in [0.1, 0.15) is 12.2 Å². The van der Waals surface area contributed by atoms with Gasteiger partial charge in [-0.3, -0.25) is 4.79 Å². The quantitative estimate of drug-likeness (QED) is 0.886. The second-order valence-electron chi connectivity index (χ2n) is 3.49. The Labute approximate surface area is 97.2 Å². The third-order valence-electron chi connectivity index (χ3n) is 2.32. The van der Waals surface area contributed by atoms with Crippen molar-refractivity contribution >= 4 is 17.3 Å². The topological polar surface area (TPSA) is 55.1 Å². The molecule has 2 aromatic heterocycles. The summed E-state index contributed by atoms with van der Waals surface area (Å²) < 4.78 is 1.88. The van der Waals surface area contributed by atoms with Crippen LogP contribution >= 0.6 is 11.3 Å². The number of imidazole rings is 1. The fourth-order valence-corrected chi connectivity index (χ4v) is 2.17. The normalized spacial score (nSPS) is 10.6. The Balaban J connectivity index is 2.19. The summed E-state index contributed by atoms with van der Waals surface area (Å²) in [6, 6.07) is 3.99. The predicted octanol–water partition coefficient (Wildman–Crippen LogP) is 2.39. The summed E-state index contributed by atoms with van der Waals surface area (Å²) >= 11 is 1.63. The van der Waals surface area contributed by atoms with Crippen LogP contribution in [0.15, 0.2) is 23.7 Å². The maximum absolute atomic E-state index is 10.5. The maximum atomic E-state index is 10.5. The summed E-state index contributed by atoms with van der Waals surface area (Å²) in [5.41, 5.74) is 0.915. The third kappa shape index (κ3) is 2.30. The lowest BCUT2D eigenvalue weighted by Crippen LogP contribution is -2.04. The lowest BCUT2D eigenvalue weighted by Gasteiger charge is -2.00. The van der Waals surface area contributed by atoms with Gasteiger partial charge >= 0.3 is 5.97 Å². The number of hydrogen-bond donors (Lipinski definition) is 1. The molecule has 0 saturated heterocycles. The van der Waals surface area contributed by atoms with E-state index in [-0.39, 0.29) is 6.42 Å². The van der Waals surface area contributed by atoms with Crippen LogP contribution in [0.3, 0.4) is 0 Å². The summed E-state index contributed by atoms with van der Waals surface area (Å²) in [6.07, 6.45) is 2.03. The molecule has 0 unspecified atom stereocenters. The van der Waals surface area contributed by atoms with Crippen molar-refractivity contribution in [1.82, 2.24) is 9.55 Å². The number of carboxylic acid groups (broad SMARTS) is 1. The molecule has 0 aliphatic rings. The predicted molar refractivity (Wildman–Crippen MR) is 62.5 cm³/mol. The van der Waals surface area contributed by atoms with Gasteiger partial charge in [-0.25, -0.2) is 4.98 Å². The Morgan fingerprint density at radius 2 is 2.44 bits per heavy atom. The average molecular weight is 236 g/mol. The summed E-state index contributed by atoms with van der Waals surface area (Å²) in [7, 11) is 0. The lowest BCUT2D eigenvalue weighted by molar-refractivity contribution is -0.137. The molecule has 0 saturated carbocycles. The van der Waals surface area contributed by atoms with Gasteiger partial charge in [0.05, 0.1) is 17.0 Å². The molecule has 0 aliphatic carbocycles. The smallest absolute Gasteiger partial charge is 0.305 e. The minimum atomic E-state index is -0.786. The molecule has 0 aromatic carbocycles. The molecular formula is C11H12N2O2S. The molecule has 2 rings (SSSR count). The number of hydrogen-bond acceptors (Lipinski definition) is 3. The summed E-state index contributed by atoms with van der Waals surface area (Å²) in [6.45, 7) is 2.36. The van der Waals surface area contributed by atoms with Gasteiger partial charge in [-0.1, -0.05) is 6.07 Å². The molecule has 16 heavy (non-hydrogen) atoms. The monoisotopic (exact) mass is 236 g/mol. The van der Waals surface area contributed by atoms with E-state index in [0.717, 1.165) is 16.4 Å². The summed E-state index contributed by atoms with van der Waals surface area (Å²) in [4.78, 5) is 16.0. The van der Waals surface area contributed by atoms with Crippen LogP contribution in [-0.4, -0.2) is 20.6 Å². The fourth-order valence-electron chi connectivity index (χ4n) is 1.49. The average Bonchev–Trinajstić information content (AvgIpc) is 2.83. The first-order chi connectivity index (χ1) is 7.66. The van der Waals surface area contributed by atoms with E-state index in [1.807, 2.05) is 35.2 Å². The van der Waals surface area contributed by atoms with Gasteiger partial charge in [-0.05, 0) is 18.4 Å². The first kappa shape index (κ1) is 10.9. The fraction of sp³-hybridized carbons (Fsp3) is 0.273. The number of thiophene rings is 1. The summed E-state index contributed by atoms with van der Waals surface area (Å²) in [5.74, 6) is 0.0652. The molecule has 2 heterocycles. The standard InChI is InChI=1S/C11H12N2O2S/c1-8-12-9(10-3-2-6-16-10)7-13(8)5-4-11(14)15/h2-3,6-7H,4-5H2,1H3,(H,14,15). The highest BCUT2D eigenvalue weighted by molar-refractivity contribution is 7.13. The largest absolute Gasteiger partial charge is 0.481 e. The minimum Gasteiger partial charge on any atom is -0.481 e. The molecular weight excluding hydrogens is 224 g/mol. The Bertz CT molecular complexity index is 488. The molecule has 0 fully saturated rings. The number of aromatic nitrogens is 2. The van der Waals surface area contributed by atoms with Crippen molar-refractivity contribution in [3.05, 3.63) is 29.5 Å². The molecule has 4 nitrogen and oxygen atoms in total. The molecule has 5 heteroatoms. The maximum Gasteiger partial charge on any atom is 0.305 e. The Kier molecular flexibility index (Phi) is 3.05. The number of rotatable bonds is 4. The molecule has 0 radical (unpaired) electrons. The second-order valence-corrected chi connectivity index (χ2v) is 4.44. The molecule has 0 atom stereocenters. The summed E-state index contributed by atoms with van der Waals surface area (Å²) in [5, 5.41) is 10.6. The Hall–Kier alpha value is -1.62. The van der Waals surface area contributed by atoms with Crippen LogP contribution < -0.4 is 0 Å². The van der Waals surface area contributed by atoms with Gasteiger partial charge in [0, 0.05) is 12.7 Å². The van der Waals surface area contributed by atoms with Crippen LogP contribution in [0, 0.1) is 6.92 Å². The first-order valence-electron chi connectivity index (χ1n) is 4.96. The number of carbonyl (C=O) groups is 1. The molecule has 84 valence electrons. The van der Waals surface area contributed by atoms with E-state index in [2.05, 4.69) is 4.98 Å². The molecule has 2 aromatic rings. The van der Waals surface area contributed by atoms with Gasteiger partial charge in [0.25, 0.3) is 0 Å². The Morgan fingerprint density at radius 3 is 3.06 bits per heavy atom. The van der Waals surface area contributed by atoms with Crippen molar-refractivity contribution in [1.29, 1.82) is 0 Å². The zero-order chi connectivity index (χ0) is 11.5. The minimum absolute atomic E-state index is 0.126. The number of aliphatic carboxylic acids is 1. The SMILES string of the molecule is Cc1nc(-c2cccs2)cn1CCC(=O)O. The highest BCUT2D eigenvalue weighted by Gasteiger charge is 2.07. The highest BCUT2D eigenvalue weighted by Crippen LogP contribution is 2.23. The van der Waals surface area contributed by atoms with E-state index in [1.54, 1.807) is 11.3 Å². The Morgan fingerprint density at radius 1 is 1.62 bits per heavy atom. The van der Waals surface area contributed by atoms with Crippen molar-refractivity contribution < 1.29 is 9.90 Å². The molecule has 0 aliphatic heterocycles. The first-order valence-corrected chi connectivity index (χ1v) is 5.84. The van der Waals surface area contributed by atoms with Crippen molar-refractivity contribution in [2.24, 2.45) is 0 Å². The lowest BCUT2D eigenvalue weighted by atomic mass is 10.4. The van der Waals surface area contributed by atoms with Gasteiger partial charge < -0.3 is 9.67 Å². The van der Waals surface area contributed by atoms with Gasteiger partial charge in [0.15, 0.2) is 0 Å². The highest BCUT2D eigenvalue weighted by atomic mass is 32.1. The van der Waals surface area contributed by atoms with E-state index in [1.165, 1.54) is 0 Å². The van der Waals surface area contributed by atoms with Gasteiger partial charge in [0.2, 0.25) is 0 Å². The van der Waals surface area contributed by atoms with E-state index in [4.69, 9.17) is 5.11 Å². The molecule has 0 spiro atoms. The number of nitrogens with zero attached hydrogens (tertiary/aromatic N) is 2. The number of aryl methyl sites for hydroxylation is 2. The van der Waals surface area contributed by atoms with Crippen molar-refractivity contribution in [3.63, 3.8) is 0 Å². The molecule has 1 N–H and O–H groups in total.